The van der Waals surface area contributed by atoms with Crippen molar-refractivity contribution in [2.75, 3.05) is 14.1 Å². The van der Waals surface area contributed by atoms with E-state index in [2.05, 4.69) is 40.4 Å². The third-order valence-electron chi connectivity index (χ3n) is 3.24. The van der Waals surface area contributed by atoms with Gasteiger partial charge in [-0.2, -0.15) is 0 Å². The topological polar surface area (TPSA) is 41.3 Å². The lowest BCUT2D eigenvalue weighted by Crippen LogP contribution is -2.18. The molecule has 1 N–H and O–H groups in total. The van der Waals surface area contributed by atoms with Gasteiger partial charge in [0.05, 0.1) is 12.2 Å². The smallest absolute Gasteiger partial charge is 0.118 e. The van der Waals surface area contributed by atoms with Crippen LogP contribution in [0.15, 0.2) is 28.7 Å². The summed E-state index contributed by atoms with van der Waals surface area (Å²) in [6.45, 7) is 6.52. The van der Waals surface area contributed by atoms with Crippen molar-refractivity contribution in [1.29, 1.82) is 0 Å². The van der Waals surface area contributed by atoms with Crippen molar-refractivity contribution in [3.63, 3.8) is 0 Å². The molecule has 0 spiro atoms. The predicted octanol–water partition coefficient (Wildman–Crippen LogP) is 2.64. The Hall–Kier alpha value is -1.65. The Bertz CT molecular complexity index is 563. The summed E-state index contributed by atoms with van der Waals surface area (Å²) in [4.78, 5) is 6.79. The Morgan fingerprint density at radius 2 is 2.05 bits per heavy atom. The molecule has 0 aliphatic carbocycles. The van der Waals surface area contributed by atoms with E-state index in [1.165, 1.54) is 5.56 Å². The molecule has 2 rings (SSSR count). The number of hydrogen-bond acceptors (Lipinski definition) is 4. The largest absolute Gasteiger partial charge is 0.465 e. The Kier molecular flexibility index (Phi) is 4.93. The molecule has 0 unspecified atom stereocenters. The van der Waals surface area contributed by atoms with Gasteiger partial charge in [0.25, 0.3) is 0 Å². The van der Waals surface area contributed by atoms with Crippen LogP contribution in [0.1, 0.15) is 28.5 Å². The molecule has 2 aromatic rings. The summed E-state index contributed by atoms with van der Waals surface area (Å²) in [5.74, 6) is 1.99. The highest BCUT2D eigenvalue weighted by molar-refractivity contribution is 5.21. The first-order valence-electron chi connectivity index (χ1n) is 6.92. The van der Waals surface area contributed by atoms with Crippen molar-refractivity contribution >= 4 is 0 Å². The van der Waals surface area contributed by atoms with Gasteiger partial charge in [-0.05, 0) is 46.1 Å². The van der Waals surface area contributed by atoms with Crippen molar-refractivity contribution in [3.8, 4) is 0 Å². The minimum Gasteiger partial charge on any atom is -0.465 e. The summed E-state index contributed by atoms with van der Waals surface area (Å²) in [6, 6.07) is 8.28. The lowest BCUT2D eigenvalue weighted by atomic mass is 10.2. The number of pyridine rings is 1. The predicted molar refractivity (Wildman–Crippen MR) is 80.4 cm³/mol. The van der Waals surface area contributed by atoms with E-state index in [0.717, 1.165) is 42.5 Å². The van der Waals surface area contributed by atoms with Crippen molar-refractivity contribution in [2.45, 2.75) is 33.5 Å². The van der Waals surface area contributed by atoms with E-state index in [0.29, 0.717) is 0 Å². The van der Waals surface area contributed by atoms with Crippen LogP contribution in [-0.2, 0) is 19.6 Å². The minimum absolute atomic E-state index is 0.768. The molecule has 0 radical (unpaired) electrons. The van der Waals surface area contributed by atoms with Crippen molar-refractivity contribution in [1.82, 2.24) is 15.2 Å². The van der Waals surface area contributed by atoms with Gasteiger partial charge in [-0.25, -0.2) is 0 Å². The van der Waals surface area contributed by atoms with Crippen molar-refractivity contribution in [2.24, 2.45) is 0 Å². The zero-order chi connectivity index (χ0) is 14.5. The van der Waals surface area contributed by atoms with Gasteiger partial charge in [-0.15, -0.1) is 0 Å². The highest BCUT2D eigenvalue weighted by atomic mass is 16.3. The van der Waals surface area contributed by atoms with Crippen LogP contribution in [0.25, 0.3) is 0 Å². The molecule has 0 amide bonds. The normalized spacial score (nSPS) is 11.2. The molecule has 0 aromatic carbocycles. The molecule has 0 aliphatic heterocycles. The maximum Gasteiger partial charge on any atom is 0.118 e. The second kappa shape index (κ2) is 6.68. The van der Waals surface area contributed by atoms with Gasteiger partial charge in [0, 0.05) is 24.3 Å². The van der Waals surface area contributed by atoms with Gasteiger partial charge in [0.2, 0.25) is 0 Å². The number of aromatic nitrogens is 1. The van der Waals surface area contributed by atoms with E-state index in [-0.39, 0.29) is 0 Å². The first-order valence-corrected chi connectivity index (χ1v) is 6.92. The second-order valence-corrected chi connectivity index (χ2v) is 5.27. The molecule has 2 aromatic heterocycles. The lowest BCUT2D eigenvalue weighted by molar-refractivity contribution is 0.312. The highest BCUT2D eigenvalue weighted by Gasteiger charge is 2.10. The van der Waals surface area contributed by atoms with E-state index in [9.17, 15) is 0 Å². The molecule has 20 heavy (non-hydrogen) atoms. The zero-order valence-corrected chi connectivity index (χ0v) is 12.7. The Morgan fingerprint density at radius 3 is 2.75 bits per heavy atom. The average Bonchev–Trinajstić information content (AvgIpc) is 2.70. The molecular formula is C16H23N3O. The van der Waals surface area contributed by atoms with E-state index < -0.39 is 0 Å². The minimum atomic E-state index is 0.768. The van der Waals surface area contributed by atoms with Crippen LogP contribution < -0.4 is 5.32 Å². The molecule has 108 valence electrons. The molecule has 0 saturated heterocycles. The summed E-state index contributed by atoms with van der Waals surface area (Å²) >= 11 is 0. The third-order valence-corrected chi connectivity index (χ3v) is 3.24. The molecule has 0 bridgehead atoms. The highest BCUT2D eigenvalue weighted by Crippen LogP contribution is 2.17. The Labute approximate surface area is 120 Å². The summed E-state index contributed by atoms with van der Waals surface area (Å²) < 4.78 is 5.72. The summed E-state index contributed by atoms with van der Waals surface area (Å²) in [6.07, 6.45) is 0. The van der Waals surface area contributed by atoms with Gasteiger partial charge >= 0.3 is 0 Å². The Balaban J connectivity index is 1.99. The van der Waals surface area contributed by atoms with Crippen molar-refractivity contribution < 1.29 is 4.42 Å². The van der Waals surface area contributed by atoms with Gasteiger partial charge in [-0.1, -0.05) is 6.07 Å². The number of furan rings is 1. The first kappa shape index (κ1) is 14.8. The van der Waals surface area contributed by atoms with Gasteiger partial charge in [0.15, 0.2) is 0 Å². The van der Waals surface area contributed by atoms with Crippen LogP contribution in [0, 0.1) is 13.8 Å². The maximum atomic E-state index is 5.72. The first-order chi connectivity index (χ1) is 9.58. The molecule has 0 atom stereocenters. The number of hydrogen-bond donors (Lipinski definition) is 1. The molecule has 0 aliphatic rings. The Morgan fingerprint density at radius 1 is 1.25 bits per heavy atom. The zero-order valence-electron chi connectivity index (χ0n) is 12.7. The van der Waals surface area contributed by atoms with E-state index in [1.807, 2.05) is 27.0 Å². The van der Waals surface area contributed by atoms with E-state index >= 15 is 0 Å². The molecule has 0 fully saturated rings. The van der Waals surface area contributed by atoms with Crippen LogP contribution in [0.5, 0.6) is 0 Å². The fraction of sp³-hybridized carbons (Fsp3) is 0.438. The molecular weight excluding hydrogens is 250 g/mol. The third kappa shape index (κ3) is 3.92. The van der Waals surface area contributed by atoms with Gasteiger partial charge < -0.3 is 9.73 Å². The number of nitrogens with one attached hydrogen (secondary N) is 1. The quantitative estimate of drug-likeness (QED) is 0.878. The molecule has 4 nitrogen and oxygen atoms in total. The molecule has 2 heterocycles. The van der Waals surface area contributed by atoms with Crippen LogP contribution >= 0.6 is 0 Å². The van der Waals surface area contributed by atoms with Gasteiger partial charge in [0.1, 0.15) is 11.5 Å². The number of rotatable bonds is 6. The molecule has 4 heteroatoms. The second-order valence-electron chi connectivity index (χ2n) is 5.27. The average molecular weight is 273 g/mol. The fourth-order valence-electron chi connectivity index (χ4n) is 2.32. The van der Waals surface area contributed by atoms with E-state index in [1.54, 1.807) is 0 Å². The van der Waals surface area contributed by atoms with Gasteiger partial charge in [-0.3, -0.25) is 9.88 Å². The van der Waals surface area contributed by atoms with Crippen molar-refractivity contribution in [3.05, 3.63) is 52.7 Å². The SMILES string of the molecule is CNCc1cc(CN(C)Cc2cccc(C)n2)c(C)o1. The van der Waals surface area contributed by atoms with Crippen LogP contribution in [0.4, 0.5) is 0 Å². The summed E-state index contributed by atoms with van der Waals surface area (Å²) in [5, 5.41) is 3.11. The van der Waals surface area contributed by atoms with Crippen LogP contribution in [0.3, 0.4) is 0 Å². The summed E-state index contributed by atoms with van der Waals surface area (Å²) in [5.41, 5.74) is 3.40. The fourth-order valence-corrected chi connectivity index (χ4v) is 2.32. The van der Waals surface area contributed by atoms with Crippen LogP contribution in [0.2, 0.25) is 0 Å². The summed E-state index contributed by atoms with van der Waals surface area (Å²) in [7, 11) is 4.03. The lowest BCUT2D eigenvalue weighted by Gasteiger charge is -2.15. The molecule has 0 saturated carbocycles. The maximum absolute atomic E-state index is 5.72. The number of aryl methyl sites for hydroxylation is 2. The monoisotopic (exact) mass is 273 g/mol. The standard InChI is InChI=1S/C16H23N3O/c1-12-6-5-7-15(18-12)11-19(4)10-14-8-16(9-17-3)20-13(14)2/h5-8,17H,9-11H2,1-4H3. The van der Waals surface area contributed by atoms with Crippen LogP contribution in [-0.4, -0.2) is 24.0 Å². The number of nitrogens with zero attached hydrogens (tertiary/aromatic N) is 2. The van der Waals surface area contributed by atoms with E-state index in [4.69, 9.17) is 4.42 Å².